The van der Waals surface area contributed by atoms with Gasteiger partial charge in [0.05, 0.1) is 17.0 Å². The van der Waals surface area contributed by atoms with Gasteiger partial charge in [-0.05, 0) is 12.8 Å². The maximum Gasteiger partial charge on any atom is 0.269 e. The molecular formula is C7H13Cl2NO5S2. The number of hydrogen-bond donors (Lipinski definition) is 2. The number of hydrogen-bond acceptors (Lipinski definition) is 4. The van der Waals surface area contributed by atoms with E-state index in [9.17, 15) is 16.8 Å². The average molecular weight is 326 g/mol. The predicted octanol–water partition coefficient (Wildman–Crippen LogP) is 0.169. The Bertz CT molecular complexity index is 476. The summed E-state index contributed by atoms with van der Waals surface area (Å²) in [4.78, 5) is 0. The molecule has 0 saturated heterocycles. The van der Waals surface area contributed by atoms with Crippen molar-refractivity contribution in [3.8, 4) is 0 Å². The lowest BCUT2D eigenvalue weighted by molar-refractivity contribution is 0.394. The molecule has 4 unspecified atom stereocenters. The first-order chi connectivity index (χ1) is 7.50. The Balaban J connectivity index is 2.81. The van der Waals surface area contributed by atoms with Gasteiger partial charge in [0.15, 0.2) is 0 Å². The van der Waals surface area contributed by atoms with E-state index in [2.05, 4.69) is 4.72 Å². The lowest BCUT2D eigenvalue weighted by atomic mass is 9.95. The Morgan fingerprint density at radius 1 is 1.12 bits per heavy atom. The molecule has 10 heteroatoms. The second kappa shape index (κ2) is 5.18. The first kappa shape index (κ1) is 15.5. The fourth-order valence-electron chi connectivity index (χ4n) is 1.78. The molecule has 2 N–H and O–H groups in total. The van der Waals surface area contributed by atoms with Crippen molar-refractivity contribution >= 4 is 43.3 Å². The number of sulfonamides is 1. The molecule has 0 heterocycles. The topological polar surface area (TPSA) is 101 Å². The molecule has 0 radical (unpaired) electrons. The normalized spacial score (nSPS) is 35.8. The van der Waals surface area contributed by atoms with E-state index in [1.807, 2.05) is 0 Å². The van der Waals surface area contributed by atoms with Crippen LogP contribution in [0.5, 0.6) is 0 Å². The van der Waals surface area contributed by atoms with Crippen LogP contribution in [0.2, 0.25) is 0 Å². The summed E-state index contributed by atoms with van der Waals surface area (Å²) in [6, 6.07) is -0.632. The maximum atomic E-state index is 11.0. The molecule has 6 nitrogen and oxygen atoms in total. The van der Waals surface area contributed by atoms with Gasteiger partial charge in [0.1, 0.15) is 5.25 Å². The molecule has 1 saturated carbocycles. The van der Waals surface area contributed by atoms with E-state index in [-0.39, 0.29) is 12.8 Å². The van der Waals surface area contributed by atoms with Crippen LogP contribution >= 0.6 is 23.2 Å². The fraction of sp³-hybridized carbons (Fsp3) is 1.00. The van der Waals surface area contributed by atoms with Gasteiger partial charge in [-0.15, -0.1) is 23.2 Å². The molecule has 0 spiro atoms. The zero-order chi connectivity index (χ0) is 13.4. The van der Waals surface area contributed by atoms with E-state index in [0.717, 1.165) is 6.26 Å². The minimum atomic E-state index is -4.27. The second-order valence-electron chi connectivity index (χ2n) is 4.05. The first-order valence-electron chi connectivity index (χ1n) is 4.72. The second-order valence-corrected chi connectivity index (χ2v) is 8.59. The van der Waals surface area contributed by atoms with E-state index in [1.165, 1.54) is 0 Å². The van der Waals surface area contributed by atoms with E-state index in [4.69, 9.17) is 27.8 Å². The lowest BCUT2D eigenvalue weighted by Gasteiger charge is -2.34. The van der Waals surface area contributed by atoms with Crippen LogP contribution in [0.15, 0.2) is 0 Å². The van der Waals surface area contributed by atoms with Gasteiger partial charge in [-0.2, -0.15) is 8.42 Å². The fourth-order valence-corrected chi connectivity index (χ4v) is 4.75. The molecule has 0 aliphatic heterocycles. The average Bonchev–Trinajstić information content (AvgIpc) is 2.06. The molecule has 1 fully saturated rings. The van der Waals surface area contributed by atoms with Gasteiger partial charge < -0.3 is 0 Å². The van der Waals surface area contributed by atoms with Crippen molar-refractivity contribution in [3.63, 3.8) is 0 Å². The van der Waals surface area contributed by atoms with Gasteiger partial charge in [0.2, 0.25) is 10.0 Å². The molecule has 1 aliphatic carbocycles. The number of alkyl halides is 2. The smallest absolute Gasteiger partial charge is 0.269 e. The molecule has 0 amide bonds. The van der Waals surface area contributed by atoms with Crippen LogP contribution in [0.4, 0.5) is 0 Å². The van der Waals surface area contributed by atoms with Crippen molar-refractivity contribution in [2.75, 3.05) is 6.26 Å². The van der Waals surface area contributed by atoms with E-state index >= 15 is 0 Å². The molecule has 4 atom stereocenters. The van der Waals surface area contributed by atoms with Crippen molar-refractivity contribution in [1.29, 1.82) is 0 Å². The van der Waals surface area contributed by atoms with Crippen LogP contribution in [-0.4, -0.2) is 49.7 Å². The highest BCUT2D eigenvalue weighted by atomic mass is 35.5. The highest BCUT2D eigenvalue weighted by Gasteiger charge is 2.42. The predicted molar refractivity (Wildman–Crippen MR) is 65.6 cm³/mol. The third-order valence-corrected chi connectivity index (χ3v) is 5.66. The molecular weight excluding hydrogens is 313 g/mol. The summed E-state index contributed by atoms with van der Waals surface area (Å²) in [6.45, 7) is 0. The Labute approximate surface area is 110 Å². The maximum absolute atomic E-state index is 11.0. The van der Waals surface area contributed by atoms with Crippen molar-refractivity contribution in [1.82, 2.24) is 4.72 Å². The van der Waals surface area contributed by atoms with Crippen LogP contribution in [0, 0.1) is 0 Å². The minimum Gasteiger partial charge on any atom is -0.285 e. The molecule has 102 valence electrons. The number of rotatable bonds is 3. The Morgan fingerprint density at radius 2 is 1.65 bits per heavy atom. The molecule has 1 rings (SSSR count). The van der Waals surface area contributed by atoms with Crippen molar-refractivity contribution in [3.05, 3.63) is 0 Å². The highest BCUT2D eigenvalue weighted by Crippen LogP contribution is 2.31. The first-order valence-corrected chi connectivity index (χ1v) is 8.99. The third-order valence-electron chi connectivity index (χ3n) is 2.52. The Kier molecular flexibility index (Phi) is 4.71. The van der Waals surface area contributed by atoms with Crippen LogP contribution < -0.4 is 4.72 Å². The van der Waals surface area contributed by atoms with Crippen LogP contribution in [0.3, 0.4) is 0 Å². The molecule has 17 heavy (non-hydrogen) atoms. The summed E-state index contributed by atoms with van der Waals surface area (Å²) >= 11 is 11.7. The van der Waals surface area contributed by atoms with Gasteiger partial charge in [-0.3, -0.25) is 4.55 Å². The standard InChI is InChI=1S/C7H13Cl2NO5S2/c1-16(11,12)10-6-2-5(9)7(3-4(6)8)17(13,14)15/h4-7,10H,2-3H2,1H3,(H,13,14,15). The number of halogens is 2. The minimum absolute atomic E-state index is 0.0489. The summed E-state index contributed by atoms with van der Waals surface area (Å²) in [6.07, 6.45) is 0.934. The zero-order valence-corrected chi connectivity index (χ0v) is 12.0. The summed E-state index contributed by atoms with van der Waals surface area (Å²) in [7, 11) is -7.71. The van der Waals surface area contributed by atoms with Gasteiger partial charge in [-0.1, -0.05) is 0 Å². The van der Waals surface area contributed by atoms with E-state index < -0.39 is 42.2 Å². The highest BCUT2D eigenvalue weighted by molar-refractivity contribution is 7.88. The molecule has 1 aliphatic rings. The van der Waals surface area contributed by atoms with E-state index in [0.29, 0.717) is 0 Å². The summed E-state index contributed by atoms with van der Waals surface area (Å²) in [5.41, 5.74) is 0. The molecule has 0 bridgehead atoms. The largest absolute Gasteiger partial charge is 0.285 e. The van der Waals surface area contributed by atoms with Crippen LogP contribution in [0.25, 0.3) is 0 Å². The zero-order valence-electron chi connectivity index (χ0n) is 8.88. The molecule has 0 aromatic rings. The quantitative estimate of drug-likeness (QED) is 0.569. The van der Waals surface area contributed by atoms with Gasteiger partial charge in [0, 0.05) is 6.04 Å². The lowest BCUT2D eigenvalue weighted by Crippen LogP contribution is -2.51. The van der Waals surface area contributed by atoms with Gasteiger partial charge >= 0.3 is 0 Å². The van der Waals surface area contributed by atoms with E-state index in [1.54, 1.807) is 0 Å². The monoisotopic (exact) mass is 325 g/mol. The third kappa shape index (κ3) is 4.53. The molecule has 0 aromatic heterocycles. The van der Waals surface area contributed by atoms with Crippen LogP contribution in [0.1, 0.15) is 12.8 Å². The van der Waals surface area contributed by atoms with Crippen molar-refractivity contribution in [2.24, 2.45) is 0 Å². The van der Waals surface area contributed by atoms with Crippen molar-refractivity contribution < 1.29 is 21.4 Å². The summed E-state index contributed by atoms with van der Waals surface area (Å²) in [5, 5.41) is -2.77. The Hall–Kier alpha value is 0.400. The van der Waals surface area contributed by atoms with Crippen LogP contribution in [-0.2, 0) is 20.1 Å². The Morgan fingerprint density at radius 3 is 2.06 bits per heavy atom. The van der Waals surface area contributed by atoms with Gasteiger partial charge in [-0.25, -0.2) is 13.1 Å². The SMILES string of the molecule is CS(=O)(=O)NC1CC(Cl)C(S(=O)(=O)O)CC1Cl. The van der Waals surface area contributed by atoms with Gasteiger partial charge in [0.25, 0.3) is 10.1 Å². The summed E-state index contributed by atoms with van der Waals surface area (Å²) < 4.78 is 55.3. The number of nitrogens with one attached hydrogen (secondary N) is 1. The van der Waals surface area contributed by atoms with Crippen molar-refractivity contribution in [2.45, 2.75) is 34.9 Å². The summed E-state index contributed by atoms with van der Waals surface area (Å²) in [5.74, 6) is 0. The molecule has 0 aromatic carbocycles.